The molecule has 0 bridgehead atoms. The molecule has 0 unspecified atom stereocenters. The van der Waals surface area contributed by atoms with Crippen LogP contribution in [0.25, 0.3) is 10.9 Å². The number of hydrogen-bond acceptors (Lipinski definition) is 8. The van der Waals surface area contributed by atoms with Gasteiger partial charge in [0.2, 0.25) is 5.70 Å². The summed E-state index contributed by atoms with van der Waals surface area (Å²) in [4.78, 5) is 30.8. The number of nitriles is 2. The maximum absolute atomic E-state index is 12.6. The average Bonchev–Trinajstić information content (AvgIpc) is 3.45. The highest BCUT2D eigenvalue weighted by molar-refractivity contribution is 5.89. The van der Waals surface area contributed by atoms with Crippen molar-refractivity contribution >= 4 is 23.7 Å². The van der Waals surface area contributed by atoms with E-state index in [1.54, 1.807) is 48.5 Å². The van der Waals surface area contributed by atoms with E-state index in [0.717, 1.165) is 29.7 Å². The van der Waals surface area contributed by atoms with E-state index in [0.29, 0.717) is 29.8 Å². The number of hydrogen-bond donors (Lipinski definition) is 0. The number of esters is 2. The highest BCUT2D eigenvalue weighted by Crippen LogP contribution is 2.42. The molecular weight excluding hydrogens is 701 g/mol. The lowest BCUT2D eigenvalue weighted by Crippen LogP contribution is -2.32. The monoisotopic (exact) mass is 744 g/mol. The van der Waals surface area contributed by atoms with E-state index in [2.05, 4.69) is 36.9 Å². The number of carbonyl (C=O) groups is 2. The van der Waals surface area contributed by atoms with Crippen LogP contribution >= 0.6 is 0 Å². The average molecular weight is 745 g/mol. The first-order chi connectivity index (χ1) is 26.9. The number of rotatable bonds is 13. The molecule has 56 heavy (non-hydrogen) atoms. The summed E-state index contributed by atoms with van der Waals surface area (Å²) in [5.74, 6) is -0.761. The Kier molecular flexibility index (Phi) is 13.3. The second kappa shape index (κ2) is 18.4. The molecule has 0 N–H and O–H groups in total. The molecule has 0 aromatic heterocycles. The maximum atomic E-state index is 12.6. The molecule has 0 saturated heterocycles. The number of allylic oxidation sites excluding steroid dienone is 7. The number of nitrogens with zero attached hydrogens (tertiary/aromatic N) is 4. The SMILES string of the molecule is [C-]#[N+]C1=C(/C=C/C=C2C=C(/C=C/c3ccc(N(CCOC(=O)c4ccccc4)CCOC(=O)c4ccccc4)cc3)CC(C)(C)C2)C(C)(C)OC1=C(C#N)C#N. The highest BCUT2D eigenvalue weighted by Gasteiger charge is 2.38. The third-order valence-corrected chi connectivity index (χ3v) is 9.30. The van der Waals surface area contributed by atoms with Gasteiger partial charge in [0.05, 0.1) is 30.8 Å². The van der Waals surface area contributed by atoms with Gasteiger partial charge < -0.3 is 19.1 Å². The Hall–Kier alpha value is -6.89. The molecule has 5 rings (SSSR count). The van der Waals surface area contributed by atoms with Crippen molar-refractivity contribution in [2.75, 3.05) is 31.2 Å². The minimum Gasteiger partial charge on any atom is -0.493 e. The van der Waals surface area contributed by atoms with E-state index < -0.39 is 17.5 Å². The third-order valence-electron chi connectivity index (χ3n) is 9.30. The molecule has 9 heteroatoms. The van der Waals surface area contributed by atoms with Crippen molar-refractivity contribution in [3.05, 3.63) is 177 Å². The van der Waals surface area contributed by atoms with E-state index in [1.807, 2.05) is 85.5 Å². The Morgan fingerprint density at radius 3 is 1.93 bits per heavy atom. The Labute approximate surface area is 329 Å². The minimum atomic E-state index is -0.865. The fourth-order valence-corrected chi connectivity index (χ4v) is 6.62. The smallest absolute Gasteiger partial charge is 0.338 e. The summed E-state index contributed by atoms with van der Waals surface area (Å²) in [7, 11) is 0. The molecule has 1 heterocycles. The highest BCUT2D eigenvalue weighted by atomic mass is 16.5. The van der Waals surface area contributed by atoms with Gasteiger partial charge in [-0.1, -0.05) is 98.8 Å². The second-order valence-electron chi connectivity index (χ2n) is 14.7. The van der Waals surface area contributed by atoms with Gasteiger partial charge in [-0.05, 0) is 85.2 Å². The van der Waals surface area contributed by atoms with E-state index in [4.69, 9.17) is 20.8 Å². The van der Waals surface area contributed by atoms with E-state index in [-0.39, 0.29) is 35.7 Å². The predicted octanol–water partition coefficient (Wildman–Crippen LogP) is 9.73. The van der Waals surface area contributed by atoms with Crippen LogP contribution in [0.5, 0.6) is 0 Å². The van der Waals surface area contributed by atoms with E-state index in [9.17, 15) is 20.1 Å². The van der Waals surface area contributed by atoms with Crippen LogP contribution in [0.1, 0.15) is 66.8 Å². The van der Waals surface area contributed by atoms with Crippen molar-refractivity contribution in [1.82, 2.24) is 0 Å². The van der Waals surface area contributed by atoms with Crippen LogP contribution in [-0.2, 0) is 14.2 Å². The lowest BCUT2D eigenvalue weighted by Gasteiger charge is -2.30. The van der Waals surface area contributed by atoms with Crippen LogP contribution in [0.3, 0.4) is 0 Å². The molecule has 2 aliphatic rings. The van der Waals surface area contributed by atoms with Gasteiger partial charge in [0, 0.05) is 11.3 Å². The van der Waals surface area contributed by atoms with Gasteiger partial charge >= 0.3 is 11.9 Å². The summed E-state index contributed by atoms with van der Waals surface area (Å²) in [6, 6.07) is 29.4. The molecular formula is C47H44N4O5. The molecule has 3 aromatic carbocycles. The second-order valence-corrected chi connectivity index (χ2v) is 14.7. The number of benzene rings is 3. The van der Waals surface area contributed by atoms with Crippen molar-refractivity contribution in [2.45, 2.75) is 46.1 Å². The van der Waals surface area contributed by atoms with Crippen LogP contribution in [0.2, 0.25) is 0 Å². The van der Waals surface area contributed by atoms with Crippen LogP contribution in [0, 0.1) is 34.6 Å². The van der Waals surface area contributed by atoms with Crippen molar-refractivity contribution < 1.29 is 23.8 Å². The Morgan fingerprint density at radius 1 is 0.821 bits per heavy atom. The predicted molar refractivity (Wildman–Crippen MR) is 217 cm³/mol. The standard InChI is InChI=1S/C47H44N4O5/c1-46(2)30-35(13-12-18-41-42(50-5)43(39(32-48)33-49)56-47(41,3)4)29-36(31-46)20-19-34-21-23-40(24-22-34)51(25-27-54-44(52)37-14-8-6-9-15-37)26-28-55-45(53)38-16-10-7-11-17-38/h6-24,29H,25-28,30-31H2,1-4H3/b18-12+,20-19+,35-13?. The molecule has 0 spiro atoms. The molecule has 0 atom stereocenters. The van der Waals surface area contributed by atoms with Crippen molar-refractivity contribution in [3.8, 4) is 12.1 Å². The summed E-state index contributed by atoms with van der Waals surface area (Å²) in [5, 5.41) is 18.7. The van der Waals surface area contributed by atoms with Crippen LogP contribution in [0.15, 0.2) is 149 Å². The van der Waals surface area contributed by atoms with Gasteiger partial charge in [0.1, 0.15) is 31.0 Å². The summed E-state index contributed by atoms with van der Waals surface area (Å²) in [6.07, 6.45) is 13.9. The molecule has 3 aromatic rings. The first-order valence-electron chi connectivity index (χ1n) is 18.3. The van der Waals surface area contributed by atoms with Gasteiger partial charge in [0.25, 0.3) is 0 Å². The zero-order valence-electron chi connectivity index (χ0n) is 32.1. The summed E-state index contributed by atoms with van der Waals surface area (Å²) in [6.45, 7) is 16.9. The van der Waals surface area contributed by atoms with Gasteiger partial charge in [-0.3, -0.25) is 0 Å². The fourth-order valence-electron chi connectivity index (χ4n) is 6.62. The van der Waals surface area contributed by atoms with E-state index in [1.165, 1.54) is 5.57 Å². The number of carbonyl (C=O) groups excluding carboxylic acids is 2. The summed E-state index contributed by atoms with van der Waals surface area (Å²) in [5.41, 5.74) is 4.93. The van der Waals surface area contributed by atoms with Gasteiger partial charge in [-0.2, -0.15) is 10.5 Å². The van der Waals surface area contributed by atoms with Crippen molar-refractivity contribution in [3.63, 3.8) is 0 Å². The zero-order chi connectivity index (χ0) is 40.1. The van der Waals surface area contributed by atoms with Crippen LogP contribution < -0.4 is 4.90 Å². The van der Waals surface area contributed by atoms with E-state index >= 15 is 0 Å². The normalized spacial score (nSPS) is 16.4. The number of ether oxygens (including phenoxy) is 3. The van der Waals surface area contributed by atoms with Crippen LogP contribution in [0.4, 0.5) is 5.69 Å². The Balaban J connectivity index is 1.29. The molecule has 9 nitrogen and oxygen atoms in total. The number of anilines is 1. The van der Waals surface area contributed by atoms with Crippen molar-refractivity contribution in [1.29, 1.82) is 10.5 Å². The quantitative estimate of drug-likeness (QED) is 0.0965. The van der Waals surface area contributed by atoms with Gasteiger partial charge in [0.15, 0.2) is 11.3 Å². The topological polar surface area (TPSA) is 117 Å². The molecule has 0 saturated carbocycles. The van der Waals surface area contributed by atoms with Crippen LogP contribution in [-0.4, -0.2) is 43.8 Å². The molecule has 0 radical (unpaired) electrons. The third kappa shape index (κ3) is 10.6. The Morgan fingerprint density at radius 2 is 1.39 bits per heavy atom. The minimum absolute atomic E-state index is 0.0213. The van der Waals surface area contributed by atoms with Gasteiger partial charge in [-0.15, -0.1) is 0 Å². The molecule has 282 valence electrons. The summed E-state index contributed by atoms with van der Waals surface area (Å²) < 4.78 is 17.0. The molecule has 1 aliphatic heterocycles. The van der Waals surface area contributed by atoms with Gasteiger partial charge in [-0.25, -0.2) is 14.4 Å². The first-order valence-corrected chi connectivity index (χ1v) is 18.3. The molecule has 1 aliphatic carbocycles. The Bertz CT molecular complexity index is 2160. The maximum Gasteiger partial charge on any atom is 0.338 e. The molecule has 0 amide bonds. The first kappa shape index (κ1) is 40.3. The lowest BCUT2D eigenvalue weighted by atomic mass is 9.75. The largest absolute Gasteiger partial charge is 0.493 e. The summed E-state index contributed by atoms with van der Waals surface area (Å²) >= 11 is 0. The lowest BCUT2D eigenvalue weighted by molar-refractivity contribution is 0.0504. The van der Waals surface area contributed by atoms with Crippen molar-refractivity contribution in [2.24, 2.45) is 5.41 Å². The fraction of sp³-hybridized carbons (Fsp3) is 0.255. The molecule has 0 fully saturated rings. The zero-order valence-corrected chi connectivity index (χ0v) is 32.1.